The summed E-state index contributed by atoms with van der Waals surface area (Å²) >= 11 is 1.53. The van der Waals surface area contributed by atoms with Crippen LogP contribution in [0.5, 0.6) is 0 Å². The van der Waals surface area contributed by atoms with Gasteiger partial charge >= 0.3 is 0 Å². The molecule has 2 nitrogen and oxygen atoms in total. The first-order chi connectivity index (χ1) is 8.63. The number of hydrogen-bond donors (Lipinski definition) is 1. The van der Waals surface area contributed by atoms with Gasteiger partial charge in [-0.05, 0) is 37.6 Å². The molecule has 0 bridgehead atoms. The number of hydrogen-bond acceptors (Lipinski definition) is 3. The molecule has 4 heteroatoms. The zero-order chi connectivity index (χ0) is 13.1. The Bertz CT molecular complexity index is 500. The Kier molecular flexibility index (Phi) is 4.09. The summed E-state index contributed by atoms with van der Waals surface area (Å²) in [7, 11) is 0. The third-order valence-electron chi connectivity index (χ3n) is 2.92. The van der Waals surface area contributed by atoms with E-state index in [9.17, 15) is 4.39 Å². The maximum atomic E-state index is 14.2. The van der Waals surface area contributed by atoms with Gasteiger partial charge in [0.1, 0.15) is 5.82 Å². The van der Waals surface area contributed by atoms with Crippen molar-refractivity contribution in [2.75, 3.05) is 6.54 Å². The van der Waals surface area contributed by atoms with Gasteiger partial charge in [-0.3, -0.25) is 0 Å². The zero-order valence-electron chi connectivity index (χ0n) is 10.8. The van der Waals surface area contributed by atoms with Gasteiger partial charge < -0.3 is 5.32 Å². The van der Waals surface area contributed by atoms with Gasteiger partial charge in [0.15, 0.2) is 0 Å². The summed E-state index contributed by atoms with van der Waals surface area (Å²) in [5.41, 5.74) is 5.27. The number of benzene rings is 1. The van der Waals surface area contributed by atoms with Crippen LogP contribution in [0.2, 0.25) is 0 Å². The highest BCUT2D eigenvalue weighted by atomic mass is 32.1. The summed E-state index contributed by atoms with van der Waals surface area (Å²) in [5.74, 6) is -0.161. The molecule has 2 aromatic rings. The average Bonchev–Trinajstić information content (AvgIpc) is 2.79. The van der Waals surface area contributed by atoms with Gasteiger partial charge in [-0.1, -0.05) is 13.0 Å². The summed E-state index contributed by atoms with van der Waals surface area (Å²) in [6.45, 7) is 6.64. The molecule has 0 aliphatic rings. The Hall–Kier alpha value is -1.26. The van der Waals surface area contributed by atoms with E-state index in [4.69, 9.17) is 0 Å². The van der Waals surface area contributed by atoms with E-state index in [-0.39, 0.29) is 11.9 Å². The first-order valence-electron chi connectivity index (χ1n) is 6.01. The van der Waals surface area contributed by atoms with E-state index in [0.29, 0.717) is 5.56 Å². The lowest BCUT2D eigenvalue weighted by Crippen LogP contribution is -2.24. The third-order valence-corrected chi connectivity index (χ3v) is 3.53. The van der Waals surface area contributed by atoms with Gasteiger partial charge in [0.2, 0.25) is 0 Å². The molecule has 0 aliphatic heterocycles. The topological polar surface area (TPSA) is 24.9 Å². The molecule has 1 unspecified atom stereocenters. The van der Waals surface area contributed by atoms with Crippen molar-refractivity contribution in [2.24, 2.45) is 0 Å². The third kappa shape index (κ3) is 2.60. The van der Waals surface area contributed by atoms with E-state index in [0.717, 1.165) is 23.4 Å². The molecule has 0 fully saturated rings. The summed E-state index contributed by atoms with van der Waals surface area (Å²) < 4.78 is 14.2. The molecule has 1 aromatic heterocycles. The molecule has 0 aliphatic carbocycles. The minimum Gasteiger partial charge on any atom is -0.305 e. The van der Waals surface area contributed by atoms with E-state index in [1.54, 1.807) is 11.6 Å². The van der Waals surface area contributed by atoms with Crippen molar-refractivity contribution in [3.63, 3.8) is 0 Å². The van der Waals surface area contributed by atoms with Crippen molar-refractivity contribution in [3.05, 3.63) is 51.2 Å². The highest BCUT2D eigenvalue weighted by Crippen LogP contribution is 2.28. The molecule has 0 amide bonds. The van der Waals surface area contributed by atoms with Gasteiger partial charge in [0.25, 0.3) is 0 Å². The molecule has 2 rings (SSSR count). The first kappa shape index (κ1) is 13.2. The van der Waals surface area contributed by atoms with Gasteiger partial charge in [-0.15, -0.1) is 11.3 Å². The second kappa shape index (κ2) is 5.59. The molecular formula is C14H17FN2S. The molecule has 1 heterocycles. The predicted octanol–water partition coefficient (Wildman–Crippen LogP) is 3.60. The molecule has 0 saturated carbocycles. The smallest absolute Gasteiger partial charge is 0.128 e. The predicted molar refractivity (Wildman–Crippen MR) is 73.5 cm³/mol. The normalized spacial score (nSPS) is 12.7. The molecule has 1 atom stereocenters. The number of nitrogens with one attached hydrogen (secondary N) is 1. The second-order valence-electron chi connectivity index (χ2n) is 4.38. The van der Waals surface area contributed by atoms with Crippen LogP contribution in [-0.2, 0) is 0 Å². The van der Waals surface area contributed by atoms with Crippen LogP contribution in [0.4, 0.5) is 4.39 Å². The van der Waals surface area contributed by atoms with Gasteiger partial charge in [-0.2, -0.15) is 0 Å². The minimum absolute atomic E-state index is 0.161. The fraction of sp³-hybridized carbons (Fsp3) is 0.357. The maximum absolute atomic E-state index is 14.2. The summed E-state index contributed by atoms with van der Waals surface area (Å²) in [6.07, 6.45) is 0. The molecule has 1 N–H and O–H groups in total. The number of halogens is 1. The summed E-state index contributed by atoms with van der Waals surface area (Å²) in [5, 5.41) is 5.27. The lowest BCUT2D eigenvalue weighted by atomic mass is 9.96. The van der Waals surface area contributed by atoms with Crippen molar-refractivity contribution in [1.29, 1.82) is 0 Å². The van der Waals surface area contributed by atoms with E-state index in [1.165, 1.54) is 11.3 Å². The average molecular weight is 264 g/mol. The largest absolute Gasteiger partial charge is 0.305 e. The quantitative estimate of drug-likeness (QED) is 0.912. The van der Waals surface area contributed by atoms with E-state index in [1.807, 2.05) is 32.2 Å². The molecular weight excluding hydrogens is 247 g/mol. The highest BCUT2D eigenvalue weighted by Gasteiger charge is 2.21. The van der Waals surface area contributed by atoms with Crippen LogP contribution in [0.15, 0.2) is 23.0 Å². The highest BCUT2D eigenvalue weighted by molar-refractivity contribution is 7.07. The fourth-order valence-corrected chi connectivity index (χ4v) is 2.80. The Morgan fingerprint density at radius 1 is 1.39 bits per heavy atom. The molecule has 1 aromatic carbocycles. The van der Waals surface area contributed by atoms with Crippen molar-refractivity contribution >= 4 is 11.3 Å². The SMILES string of the molecule is CCNC(c1cscn1)c1c(C)cc(C)cc1F. The fourth-order valence-electron chi connectivity index (χ4n) is 2.22. The monoisotopic (exact) mass is 264 g/mol. The van der Waals surface area contributed by atoms with Gasteiger partial charge in [0.05, 0.1) is 17.2 Å². The minimum atomic E-state index is -0.165. The van der Waals surface area contributed by atoms with Crippen LogP contribution in [0.1, 0.15) is 35.3 Å². The van der Waals surface area contributed by atoms with Crippen LogP contribution >= 0.6 is 11.3 Å². The maximum Gasteiger partial charge on any atom is 0.128 e. The molecule has 0 radical (unpaired) electrons. The Morgan fingerprint density at radius 3 is 2.72 bits per heavy atom. The van der Waals surface area contributed by atoms with Crippen LogP contribution in [0.25, 0.3) is 0 Å². The van der Waals surface area contributed by atoms with Gasteiger partial charge in [-0.25, -0.2) is 9.37 Å². The Morgan fingerprint density at radius 2 is 2.17 bits per heavy atom. The van der Waals surface area contributed by atoms with E-state index < -0.39 is 0 Å². The number of rotatable bonds is 4. The van der Waals surface area contributed by atoms with Crippen molar-refractivity contribution in [1.82, 2.24) is 10.3 Å². The van der Waals surface area contributed by atoms with Crippen LogP contribution in [-0.4, -0.2) is 11.5 Å². The number of aromatic nitrogens is 1. The lowest BCUT2D eigenvalue weighted by molar-refractivity contribution is 0.549. The van der Waals surface area contributed by atoms with E-state index >= 15 is 0 Å². The van der Waals surface area contributed by atoms with Crippen molar-refractivity contribution in [3.8, 4) is 0 Å². The lowest BCUT2D eigenvalue weighted by Gasteiger charge is -2.19. The number of nitrogens with zero attached hydrogens (tertiary/aromatic N) is 1. The van der Waals surface area contributed by atoms with Crippen molar-refractivity contribution < 1.29 is 4.39 Å². The number of thiazole rings is 1. The molecule has 0 spiro atoms. The van der Waals surface area contributed by atoms with Crippen LogP contribution < -0.4 is 5.32 Å². The standard InChI is InChI=1S/C14H17FN2S/c1-4-16-14(12-7-18-8-17-12)13-10(3)5-9(2)6-11(13)15/h5-8,14,16H,4H2,1-3H3. The number of aryl methyl sites for hydroxylation is 2. The first-order valence-corrected chi connectivity index (χ1v) is 6.96. The van der Waals surface area contributed by atoms with Crippen molar-refractivity contribution in [2.45, 2.75) is 26.8 Å². The molecule has 0 saturated heterocycles. The second-order valence-corrected chi connectivity index (χ2v) is 5.10. The van der Waals surface area contributed by atoms with Gasteiger partial charge in [0, 0.05) is 10.9 Å². The Labute approximate surface area is 111 Å². The van der Waals surface area contributed by atoms with E-state index in [2.05, 4.69) is 10.3 Å². The zero-order valence-corrected chi connectivity index (χ0v) is 11.6. The van der Waals surface area contributed by atoms with Crippen LogP contribution in [0, 0.1) is 19.7 Å². The van der Waals surface area contributed by atoms with Crippen LogP contribution in [0.3, 0.4) is 0 Å². The molecule has 18 heavy (non-hydrogen) atoms. The Balaban J connectivity index is 2.49. The summed E-state index contributed by atoms with van der Waals surface area (Å²) in [6, 6.07) is 3.43. The molecule has 96 valence electrons. The summed E-state index contributed by atoms with van der Waals surface area (Å²) in [4.78, 5) is 4.31.